The first kappa shape index (κ1) is 12.4. The quantitative estimate of drug-likeness (QED) is 0.707. The first-order valence-electron chi connectivity index (χ1n) is 5.29. The van der Waals surface area contributed by atoms with E-state index in [1.54, 1.807) is 24.3 Å². The molecule has 1 aromatic carbocycles. The van der Waals surface area contributed by atoms with Gasteiger partial charge in [0.25, 0.3) is 0 Å². The van der Waals surface area contributed by atoms with Gasteiger partial charge < -0.3 is 0 Å². The number of nitrogens with zero attached hydrogens (tertiary/aromatic N) is 3. The maximum atomic E-state index is 14.1. The van der Waals surface area contributed by atoms with Crippen molar-refractivity contribution in [1.82, 2.24) is 13.9 Å². The van der Waals surface area contributed by atoms with E-state index in [4.69, 9.17) is 11.6 Å². The van der Waals surface area contributed by atoms with Crippen LogP contribution in [0.2, 0.25) is 5.28 Å². The lowest BCUT2D eigenvalue weighted by atomic mass is 10.1. The molecule has 0 saturated heterocycles. The van der Waals surface area contributed by atoms with Gasteiger partial charge in [-0.3, -0.25) is 0 Å². The van der Waals surface area contributed by atoms with E-state index in [-0.39, 0.29) is 34.5 Å². The molecular weight excluding hydrogens is 292 g/mol. The predicted molar refractivity (Wildman–Crippen MR) is 72.0 cm³/mol. The third-order valence-corrected chi connectivity index (χ3v) is 3.50. The topological polar surface area (TPSA) is 30.7 Å². The molecule has 96 valence electrons. The molecule has 0 amide bonds. The fourth-order valence-electron chi connectivity index (χ4n) is 1.80. The summed E-state index contributed by atoms with van der Waals surface area (Å²) in [6.07, 6.45) is 0. The Labute approximate surface area is 116 Å². The fourth-order valence-corrected chi connectivity index (χ4v) is 2.35. The van der Waals surface area contributed by atoms with Gasteiger partial charge in [-0.25, -0.2) is 13.3 Å². The summed E-state index contributed by atoms with van der Waals surface area (Å²) in [5.74, 6) is -0.550. The number of benzene rings is 1. The molecule has 0 atom stereocenters. The molecule has 0 aliphatic heterocycles. The number of halogens is 3. The Kier molecular flexibility index (Phi) is 3.12. The number of fused-ring (bicyclic) bond motifs is 1. The molecular formula is C12H6ClF2N3S. The van der Waals surface area contributed by atoms with E-state index in [2.05, 4.69) is 9.97 Å². The van der Waals surface area contributed by atoms with Gasteiger partial charge in [0.15, 0.2) is 23.8 Å². The van der Waals surface area contributed by atoms with Gasteiger partial charge in [-0.15, -0.1) is 3.89 Å². The summed E-state index contributed by atoms with van der Waals surface area (Å²) in [6.45, 7) is 0. The van der Waals surface area contributed by atoms with Crippen LogP contribution in [0.5, 0.6) is 0 Å². The second-order valence-corrected chi connectivity index (χ2v) is 4.61. The summed E-state index contributed by atoms with van der Waals surface area (Å²) in [5, 5.41) is -0.0837. The largest absolute Gasteiger partial charge is 0.226 e. The van der Waals surface area contributed by atoms with Crippen LogP contribution in [-0.4, -0.2) is 13.9 Å². The Bertz CT molecular complexity index is 746. The molecule has 0 aliphatic carbocycles. The molecule has 7 heteroatoms. The van der Waals surface area contributed by atoms with Gasteiger partial charge in [0.05, 0.1) is 0 Å². The first-order chi connectivity index (χ1) is 9.20. The Morgan fingerprint density at radius 1 is 1.16 bits per heavy atom. The van der Waals surface area contributed by atoms with Crippen LogP contribution in [0.4, 0.5) is 8.28 Å². The Morgan fingerprint density at radius 2 is 1.89 bits per heavy atom. The minimum absolute atomic E-state index is 0.0837. The number of imidazole rings is 1. The average Bonchev–Trinajstić information content (AvgIpc) is 2.73. The van der Waals surface area contributed by atoms with Gasteiger partial charge >= 0.3 is 0 Å². The second-order valence-electron chi connectivity index (χ2n) is 3.77. The highest BCUT2D eigenvalue weighted by molar-refractivity contribution is 7.93. The van der Waals surface area contributed by atoms with Crippen LogP contribution < -0.4 is 0 Å². The molecule has 0 spiro atoms. The third-order valence-electron chi connectivity index (χ3n) is 2.64. The van der Waals surface area contributed by atoms with Crippen molar-refractivity contribution in [3.8, 4) is 11.3 Å². The van der Waals surface area contributed by atoms with Crippen molar-refractivity contribution in [2.24, 2.45) is 0 Å². The molecule has 0 aliphatic rings. The SMILES string of the molecule is FSn1c(Cl)nc2nc(-c3ccccc3)c(F)cc21. The van der Waals surface area contributed by atoms with Gasteiger partial charge in [0.2, 0.25) is 5.28 Å². The van der Waals surface area contributed by atoms with Crippen LogP contribution in [-0.2, 0) is 0 Å². The lowest BCUT2D eigenvalue weighted by Gasteiger charge is -2.02. The number of hydrogen-bond donors (Lipinski definition) is 0. The van der Waals surface area contributed by atoms with Crippen molar-refractivity contribution >= 4 is 35.1 Å². The van der Waals surface area contributed by atoms with E-state index in [1.807, 2.05) is 6.07 Å². The van der Waals surface area contributed by atoms with Gasteiger partial charge in [-0.2, -0.15) is 4.98 Å². The van der Waals surface area contributed by atoms with E-state index < -0.39 is 5.82 Å². The minimum atomic E-state index is -0.550. The van der Waals surface area contributed by atoms with Crippen molar-refractivity contribution in [1.29, 1.82) is 0 Å². The molecule has 0 fully saturated rings. The number of aromatic nitrogens is 3. The summed E-state index contributed by atoms with van der Waals surface area (Å²) >= 11 is 5.60. The Morgan fingerprint density at radius 3 is 2.58 bits per heavy atom. The maximum absolute atomic E-state index is 14.1. The van der Waals surface area contributed by atoms with Crippen LogP contribution >= 0.6 is 23.9 Å². The van der Waals surface area contributed by atoms with E-state index in [0.717, 1.165) is 3.97 Å². The van der Waals surface area contributed by atoms with E-state index in [0.29, 0.717) is 5.56 Å². The molecule has 0 bridgehead atoms. The molecule has 3 aromatic rings. The summed E-state index contributed by atoms with van der Waals surface area (Å²) in [7, 11) is 0. The van der Waals surface area contributed by atoms with Crippen molar-refractivity contribution in [3.63, 3.8) is 0 Å². The molecule has 3 rings (SSSR count). The molecule has 19 heavy (non-hydrogen) atoms. The molecule has 0 N–H and O–H groups in total. The monoisotopic (exact) mass is 297 g/mol. The highest BCUT2D eigenvalue weighted by atomic mass is 35.5. The van der Waals surface area contributed by atoms with E-state index in [9.17, 15) is 8.28 Å². The number of hydrogen-bond acceptors (Lipinski definition) is 3. The van der Waals surface area contributed by atoms with Crippen molar-refractivity contribution < 1.29 is 8.28 Å². The molecule has 0 unspecified atom stereocenters. The van der Waals surface area contributed by atoms with Gasteiger partial charge in [-0.05, 0) is 11.6 Å². The van der Waals surface area contributed by atoms with Gasteiger partial charge in [-0.1, -0.05) is 30.3 Å². The smallest absolute Gasteiger partial charge is 0.217 e. The minimum Gasteiger partial charge on any atom is -0.226 e. The third kappa shape index (κ3) is 2.06. The zero-order valence-corrected chi connectivity index (χ0v) is 10.9. The summed E-state index contributed by atoms with van der Waals surface area (Å²) in [5.41, 5.74) is 1.20. The van der Waals surface area contributed by atoms with Crippen molar-refractivity contribution in [3.05, 3.63) is 47.5 Å². The van der Waals surface area contributed by atoms with E-state index in [1.165, 1.54) is 6.07 Å². The predicted octanol–water partition coefficient (Wildman–Crippen LogP) is 4.27. The maximum Gasteiger partial charge on any atom is 0.217 e. The average molecular weight is 298 g/mol. The van der Waals surface area contributed by atoms with Crippen LogP contribution in [0, 0.1) is 5.82 Å². The standard InChI is InChI=1S/C12H6ClF2N3S/c13-12-17-11-9(18(12)19-15)6-8(14)10(16-11)7-4-2-1-3-5-7/h1-6H. The molecule has 0 saturated carbocycles. The molecule has 2 aromatic heterocycles. The second kappa shape index (κ2) is 4.79. The normalized spacial score (nSPS) is 11.1. The zero-order valence-electron chi connectivity index (χ0n) is 9.35. The Hall–Kier alpha value is -1.66. The van der Waals surface area contributed by atoms with E-state index >= 15 is 0 Å². The van der Waals surface area contributed by atoms with Crippen molar-refractivity contribution in [2.45, 2.75) is 0 Å². The van der Waals surface area contributed by atoms with Crippen LogP contribution in [0.3, 0.4) is 0 Å². The summed E-state index contributed by atoms with van der Waals surface area (Å²) < 4.78 is 27.7. The molecule has 3 nitrogen and oxygen atoms in total. The summed E-state index contributed by atoms with van der Waals surface area (Å²) in [6, 6.07) is 10.0. The van der Waals surface area contributed by atoms with Crippen molar-refractivity contribution in [2.75, 3.05) is 0 Å². The lowest BCUT2D eigenvalue weighted by Crippen LogP contribution is -1.91. The number of rotatable bonds is 2. The Balaban J connectivity index is 2.26. The number of pyridine rings is 1. The van der Waals surface area contributed by atoms with Crippen LogP contribution in [0.15, 0.2) is 36.4 Å². The lowest BCUT2D eigenvalue weighted by molar-refractivity contribution is 0.628. The highest BCUT2D eigenvalue weighted by Crippen LogP contribution is 2.29. The van der Waals surface area contributed by atoms with Gasteiger partial charge in [0.1, 0.15) is 11.2 Å². The van der Waals surface area contributed by atoms with Crippen LogP contribution in [0.25, 0.3) is 22.4 Å². The summed E-state index contributed by atoms with van der Waals surface area (Å²) in [4.78, 5) is 8.00. The highest BCUT2D eigenvalue weighted by Gasteiger charge is 2.16. The fraction of sp³-hybridized carbons (Fsp3) is 0. The van der Waals surface area contributed by atoms with Crippen LogP contribution in [0.1, 0.15) is 0 Å². The molecule has 2 heterocycles. The first-order valence-corrected chi connectivity index (χ1v) is 6.35. The van der Waals surface area contributed by atoms with Gasteiger partial charge in [0, 0.05) is 11.6 Å². The zero-order chi connectivity index (χ0) is 13.4. The molecule has 0 radical (unpaired) electrons.